The Kier molecular flexibility index (Phi) is 5.63. The third-order valence-electron chi connectivity index (χ3n) is 3.88. The molecule has 0 fully saturated rings. The fourth-order valence-electron chi connectivity index (χ4n) is 2.76. The first-order valence-electron chi connectivity index (χ1n) is 8.09. The highest BCUT2D eigenvalue weighted by atomic mass is 79.9. The third-order valence-corrected chi connectivity index (χ3v) is 5.21. The van der Waals surface area contributed by atoms with E-state index in [1.54, 1.807) is 23.7 Å². The van der Waals surface area contributed by atoms with Crippen molar-refractivity contribution in [3.05, 3.63) is 63.4 Å². The molecule has 3 aromatic rings. The first kappa shape index (κ1) is 17.1. The summed E-state index contributed by atoms with van der Waals surface area (Å²) in [6.07, 6.45) is 5.84. The summed E-state index contributed by atoms with van der Waals surface area (Å²) in [5.41, 5.74) is 3.30. The average molecular weight is 402 g/mol. The number of hydrogen-bond acceptors (Lipinski definition) is 3. The molecular formula is C19H20BrN3S. The van der Waals surface area contributed by atoms with Crippen molar-refractivity contribution in [2.45, 2.75) is 32.7 Å². The Labute approximate surface area is 154 Å². The second-order valence-electron chi connectivity index (χ2n) is 5.74. The van der Waals surface area contributed by atoms with Gasteiger partial charge in [-0.15, -0.1) is 11.3 Å². The highest BCUT2D eigenvalue weighted by molar-refractivity contribution is 9.10. The van der Waals surface area contributed by atoms with Crippen molar-refractivity contribution < 1.29 is 0 Å². The van der Waals surface area contributed by atoms with Crippen molar-refractivity contribution in [1.29, 1.82) is 0 Å². The van der Waals surface area contributed by atoms with Crippen LogP contribution in [-0.2, 0) is 0 Å². The highest BCUT2D eigenvalue weighted by Gasteiger charge is 2.13. The normalized spacial score (nSPS) is 13.2. The minimum atomic E-state index is 0.394. The van der Waals surface area contributed by atoms with Gasteiger partial charge in [-0.05, 0) is 37.6 Å². The molecule has 1 atom stereocenters. The fourth-order valence-corrected chi connectivity index (χ4v) is 4.18. The van der Waals surface area contributed by atoms with E-state index in [9.17, 15) is 0 Å². The van der Waals surface area contributed by atoms with E-state index in [2.05, 4.69) is 69.0 Å². The number of hydrogen-bond donors (Lipinski definition) is 0. The lowest BCUT2D eigenvalue weighted by Crippen LogP contribution is -2.19. The first-order chi connectivity index (χ1) is 11.7. The quantitative estimate of drug-likeness (QED) is 0.517. The van der Waals surface area contributed by atoms with E-state index in [4.69, 9.17) is 4.99 Å². The van der Waals surface area contributed by atoms with E-state index < -0.39 is 0 Å². The smallest absolute Gasteiger partial charge is 0.190 e. The number of benzene rings is 1. The van der Waals surface area contributed by atoms with Crippen LogP contribution in [0.5, 0.6) is 0 Å². The second kappa shape index (κ2) is 7.90. The Morgan fingerprint density at radius 1 is 1.29 bits per heavy atom. The molecule has 0 aliphatic rings. The average Bonchev–Trinajstić information content (AvgIpc) is 3.00. The van der Waals surface area contributed by atoms with Gasteiger partial charge < -0.3 is 4.57 Å². The van der Waals surface area contributed by atoms with Gasteiger partial charge in [0.1, 0.15) is 0 Å². The van der Waals surface area contributed by atoms with Crippen molar-refractivity contribution in [2.75, 3.05) is 0 Å². The molecule has 5 heteroatoms. The van der Waals surface area contributed by atoms with Gasteiger partial charge in [0.05, 0.1) is 17.6 Å². The van der Waals surface area contributed by atoms with Crippen LogP contribution in [0, 0.1) is 0 Å². The zero-order valence-electron chi connectivity index (χ0n) is 13.8. The zero-order valence-corrected chi connectivity index (χ0v) is 16.2. The molecule has 0 aliphatic carbocycles. The zero-order chi connectivity index (χ0) is 16.9. The summed E-state index contributed by atoms with van der Waals surface area (Å²) in [5, 5.41) is 2.20. The lowest BCUT2D eigenvalue weighted by Gasteiger charge is -2.17. The SMILES string of the molecule is CCCC(C)n1c(-c2cccc(Br)c2)csc1=Nc1cccnc1. The number of rotatable bonds is 5. The first-order valence-corrected chi connectivity index (χ1v) is 9.77. The maximum Gasteiger partial charge on any atom is 0.190 e. The minimum absolute atomic E-state index is 0.394. The molecular weight excluding hydrogens is 382 g/mol. The lowest BCUT2D eigenvalue weighted by molar-refractivity contribution is 0.495. The summed E-state index contributed by atoms with van der Waals surface area (Å²) in [6.45, 7) is 4.49. The Morgan fingerprint density at radius 2 is 2.17 bits per heavy atom. The Morgan fingerprint density at radius 3 is 2.88 bits per heavy atom. The predicted molar refractivity (Wildman–Crippen MR) is 105 cm³/mol. The Bertz CT molecular complexity index is 868. The highest BCUT2D eigenvalue weighted by Crippen LogP contribution is 2.27. The van der Waals surface area contributed by atoms with E-state index >= 15 is 0 Å². The molecule has 0 spiro atoms. The van der Waals surface area contributed by atoms with Crippen LogP contribution in [-0.4, -0.2) is 9.55 Å². The van der Waals surface area contributed by atoms with Gasteiger partial charge in [-0.25, -0.2) is 4.99 Å². The van der Waals surface area contributed by atoms with Gasteiger partial charge in [0.2, 0.25) is 0 Å². The summed E-state index contributed by atoms with van der Waals surface area (Å²) in [7, 11) is 0. The summed E-state index contributed by atoms with van der Waals surface area (Å²) >= 11 is 5.25. The molecule has 0 N–H and O–H groups in total. The van der Waals surface area contributed by atoms with Crippen LogP contribution in [0.1, 0.15) is 32.7 Å². The molecule has 1 unspecified atom stereocenters. The van der Waals surface area contributed by atoms with Gasteiger partial charge >= 0.3 is 0 Å². The summed E-state index contributed by atoms with van der Waals surface area (Å²) < 4.78 is 3.44. The molecule has 124 valence electrons. The topological polar surface area (TPSA) is 30.2 Å². The van der Waals surface area contributed by atoms with Crippen LogP contribution in [0.25, 0.3) is 11.3 Å². The van der Waals surface area contributed by atoms with Crippen LogP contribution in [0.15, 0.2) is 63.6 Å². The van der Waals surface area contributed by atoms with Gasteiger partial charge in [-0.2, -0.15) is 0 Å². The second-order valence-corrected chi connectivity index (χ2v) is 7.50. The fraction of sp³-hybridized carbons (Fsp3) is 0.263. The Balaban J connectivity index is 2.15. The number of pyridine rings is 1. The molecule has 0 radical (unpaired) electrons. The summed E-state index contributed by atoms with van der Waals surface area (Å²) in [6, 6.07) is 12.7. The van der Waals surface area contributed by atoms with Crippen LogP contribution in [0.4, 0.5) is 5.69 Å². The molecule has 0 aliphatic heterocycles. The maximum atomic E-state index is 4.82. The van der Waals surface area contributed by atoms with E-state index in [1.807, 2.05) is 12.1 Å². The van der Waals surface area contributed by atoms with Crippen molar-refractivity contribution in [1.82, 2.24) is 9.55 Å². The van der Waals surface area contributed by atoms with Crippen molar-refractivity contribution in [3.8, 4) is 11.3 Å². The van der Waals surface area contributed by atoms with E-state index in [1.165, 1.54) is 11.3 Å². The van der Waals surface area contributed by atoms with Gasteiger partial charge in [-0.1, -0.05) is 41.4 Å². The van der Waals surface area contributed by atoms with Crippen LogP contribution < -0.4 is 4.80 Å². The lowest BCUT2D eigenvalue weighted by atomic mass is 10.1. The van der Waals surface area contributed by atoms with Gasteiger partial charge in [0.15, 0.2) is 4.80 Å². The van der Waals surface area contributed by atoms with E-state index in [0.29, 0.717) is 6.04 Å². The summed E-state index contributed by atoms with van der Waals surface area (Å²) in [4.78, 5) is 10.00. The van der Waals surface area contributed by atoms with E-state index in [-0.39, 0.29) is 0 Å². The third kappa shape index (κ3) is 3.84. The van der Waals surface area contributed by atoms with Crippen molar-refractivity contribution in [3.63, 3.8) is 0 Å². The van der Waals surface area contributed by atoms with Crippen molar-refractivity contribution in [2.24, 2.45) is 4.99 Å². The molecule has 3 nitrogen and oxygen atoms in total. The standard InChI is InChI=1S/C19H20BrN3S/c1-3-6-14(2)23-18(15-7-4-8-16(20)11-15)13-24-19(23)22-17-9-5-10-21-12-17/h4-5,7-14H,3,6H2,1-2H3. The van der Waals surface area contributed by atoms with Crippen LogP contribution in [0.3, 0.4) is 0 Å². The monoisotopic (exact) mass is 401 g/mol. The maximum absolute atomic E-state index is 4.82. The number of nitrogens with zero attached hydrogens (tertiary/aromatic N) is 3. The number of halogens is 1. The molecule has 0 saturated heterocycles. The Hall–Kier alpha value is -1.72. The summed E-state index contributed by atoms with van der Waals surface area (Å²) in [5.74, 6) is 0. The molecule has 0 bridgehead atoms. The predicted octanol–water partition coefficient (Wildman–Crippen LogP) is 5.97. The van der Waals surface area contributed by atoms with Crippen molar-refractivity contribution >= 4 is 33.0 Å². The largest absolute Gasteiger partial charge is 0.314 e. The number of aromatic nitrogens is 2. The van der Waals surface area contributed by atoms with Gasteiger partial charge in [-0.3, -0.25) is 4.98 Å². The molecule has 0 saturated carbocycles. The number of thiazole rings is 1. The molecule has 0 amide bonds. The minimum Gasteiger partial charge on any atom is -0.314 e. The van der Waals surface area contributed by atoms with E-state index in [0.717, 1.165) is 27.8 Å². The molecule has 1 aromatic carbocycles. The van der Waals surface area contributed by atoms with Gasteiger partial charge in [0, 0.05) is 27.7 Å². The molecule has 3 rings (SSSR count). The molecule has 2 heterocycles. The van der Waals surface area contributed by atoms with Crippen LogP contribution in [0.2, 0.25) is 0 Å². The molecule has 2 aromatic heterocycles. The molecule has 24 heavy (non-hydrogen) atoms. The van der Waals surface area contributed by atoms with Crippen LogP contribution >= 0.6 is 27.3 Å². The van der Waals surface area contributed by atoms with Gasteiger partial charge in [0.25, 0.3) is 0 Å².